The molecule has 0 fully saturated rings. The number of likely N-dealkylation sites (N-methyl/N-ethyl adjacent to an activating group) is 1. The molecule has 1 N–H and O–H groups in total. The molecule has 5 heteroatoms. The summed E-state index contributed by atoms with van der Waals surface area (Å²) in [6.45, 7) is 1.86. The smallest absolute Gasteiger partial charge is 0.247 e. The van der Waals surface area contributed by atoms with E-state index in [0.717, 1.165) is 15.6 Å². The Morgan fingerprint density at radius 2 is 1.71 bits per heavy atom. The second kappa shape index (κ2) is 8.45. The molecule has 0 aliphatic rings. The molecule has 0 heterocycles. The van der Waals surface area contributed by atoms with Crippen molar-refractivity contribution in [3.8, 4) is 0 Å². The van der Waals surface area contributed by atoms with E-state index in [1.165, 1.54) is 4.90 Å². The molecule has 0 atom stereocenters. The van der Waals surface area contributed by atoms with E-state index in [4.69, 9.17) is 0 Å². The van der Waals surface area contributed by atoms with Crippen molar-refractivity contribution < 1.29 is 9.59 Å². The van der Waals surface area contributed by atoms with E-state index < -0.39 is 0 Å². The summed E-state index contributed by atoms with van der Waals surface area (Å²) in [5, 5.41) is 2.78. The van der Waals surface area contributed by atoms with Gasteiger partial charge in [0.2, 0.25) is 11.8 Å². The molecule has 2 amide bonds. The van der Waals surface area contributed by atoms with E-state index in [9.17, 15) is 9.59 Å². The summed E-state index contributed by atoms with van der Waals surface area (Å²) in [6.07, 6.45) is 1.54. The van der Waals surface area contributed by atoms with Crippen molar-refractivity contribution in [2.75, 3.05) is 18.9 Å². The van der Waals surface area contributed by atoms with E-state index in [1.807, 2.05) is 55.5 Å². The third-order valence-corrected chi connectivity index (χ3v) is 4.17. The Labute approximate surface area is 150 Å². The fraction of sp³-hybridized carbons (Fsp3) is 0.158. The van der Waals surface area contributed by atoms with Crippen LogP contribution in [0.15, 0.2) is 65.1 Å². The van der Waals surface area contributed by atoms with Crippen molar-refractivity contribution in [3.05, 3.63) is 70.7 Å². The summed E-state index contributed by atoms with van der Waals surface area (Å²) in [7, 11) is 1.61. The first kappa shape index (κ1) is 17.9. The largest absolute Gasteiger partial charge is 0.333 e. The van der Waals surface area contributed by atoms with Crippen LogP contribution < -0.4 is 5.32 Å². The molecule has 0 aromatic heterocycles. The Morgan fingerprint density at radius 3 is 2.38 bits per heavy atom. The maximum Gasteiger partial charge on any atom is 0.247 e. The van der Waals surface area contributed by atoms with Crippen molar-refractivity contribution in [1.82, 2.24) is 4.90 Å². The Hall–Kier alpha value is -2.40. The topological polar surface area (TPSA) is 49.4 Å². The minimum atomic E-state index is -0.247. The van der Waals surface area contributed by atoms with Crippen molar-refractivity contribution in [2.45, 2.75) is 6.92 Å². The highest BCUT2D eigenvalue weighted by molar-refractivity contribution is 9.10. The molecule has 24 heavy (non-hydrogen) atoms. The van der Waals surface area contributed by atoms with E-state index in [1.54, 1.807) is 19.2 Å². The number of allylic oxidation sites excluding steroid dienone is 1. The molecule has 0 aliphatic heterocycles. The summed E-state index contributed by atoms with van der Waals surface area (Å²) in [5.41, 5.74) is 2.52. The van der Waals surface area contributed by atoms with Gasteiger partial charge in [0, 0.05) is 17.6 Å². The van der Waals surface area contributed by atoms with Gasteiger partial charge in [-0.15, -0.1) is 0 Å². The lowest BCUT2D eigenvalue weighted by Crippen LogP contribution is -2.34. The lowest BCUT2D eigenvalue weighted by Gasteiger charge is -2.16. The van der Waals surface area contributed by atoms with E-state index >= 15 is 0 Å². The number of carbonyl (C=O) groups is 2. The van der Waals surface area contributed by atoms with Crippen molar-refractivity contribution >= 4 is 39.0 Å². The van der Waals surface area contributed by atoms with Crippen molar-refractivity contribution in [2.24, 2.45) is 0 Å². The number of benzene rings is 2. The molecule has 0 bridgehead atoms. The maximum atomic E-state index is 12.2. The molecule has 124 valence electrons. The van der Waals surface area contributed by atoms with E-state index in [0.29, 0.717) is 5.69 Å². The molecule has 0 aliphatic carbocycles. The highest BCUT2D eigenvalue weighted by Crippen LogP contribution is 2.21. The molecule has 0 unspecified atom stereocenters. The van der Waals surface area contributed by atoms with Gasteiger partial charge in [-0.1, -0.05) is 42.5 Å². The summed E-state index contributed by atoms with van der Waals surface area (Å²) >= 11 is 3.37. The van der Waals surface area contributed by atoms with Gasteiger partial charge in [0.05, 0.1) is 12.2 Å². The molecule has 2 rings (SSSR count). The lowest BCUT2D eigenvalue weighted by molar-refractivity contribution is -0.129. The predicted octanol–water partition coefficient (Wildman–Crippen LogP) is 3.95. The zero-order valence-electron chi connectivity index (χ0n) is 13.6. The van der Waals surface area contributed by atoms with Crippen LogP contribution in [0.2, 0.25) is 0 Å². The van der Waals surface area contributed by atoms with Crippen LogP contribution in [-0.2, 0) is 9.59 Å². The third-order valence-electron chi connectivity index (χ3n) is 3.47. The van der Waals surface area contributed by atoms with Crippen LogP contribution in [-0.4, -0.2) is 30.3 Å². The first-order chi connectivity index (χ1) is 11.5. The van der Waals surface area contributed by atoms with Crippen LogP contribution in [0.25, 0.3) is 5.57 Å². The molecule has 2 aromatic carbocycles. The normalized spacial score (nSPS) is 11.0. The van der Waals surface area contributed by atoms with Gasteiger partial charge in [0.25, 0.3) is 0 Å². The summed E-state index contributed by atoms with van der Waals surface area (Å²) < 4.78 is 0.798. The molecule has 0 saturated heterocycles. The van der Waals surface area contributed by atoms with Gasteiger partial charge in [-0.2, -0.15) is 0 Å². The highest BCUT2D eigenvalue weighted by atomic mass is 79.9. The standard InChI is InChI=1S/C19H19BrN2O2/c1-14(15-8-4-3-5-9-15)12-19(24)22(2)13-18(23)21-17-11-7-6-10-16(17)20/h3-12H,13H2,1-2H3,(H,21,23). The van der Waals surface area contributed by atoms with Crippen molar-refractivity contribution in [3.63, 3.8) is 0 Å². The van der Waals surface area contributed by atoms with Crippen LogP contribution >= 0.6 is 15.9 Å². The Bertz CT molecular complexity index is 757. The Morgan fingerprint density at radius 1 is 1.08 bits per heavy atom. The molecule has 0 spiro atoms. The van der Waals surface area contributed by atoms with Crippen LogP contribution in [0.3, 0.4) is 0 Å². The zero-order valence-corrected chi connectivity index (χ0v) is 15.2. The zero-order chi connectivity index (χ0) is 17.5. The van der Waals surface area contributed by atoms with Gasteiger partial charge in [-0.25, -0.2) is 0 Å². The van der Waals surface area contributed by atoms with Crippen molar-refractivity contribution in [1.29, 1.82) is 0 Å². The molecule has 4 nitrogen and oxygen atoms in total. The summed E-state index contributed by atoms with van der Waals surface area (Å²) in [6, 6.07) is 17.0. The van der Waals surface area contributed by atoms with Crippen LogP contribution in [0.5, 0.6) is 0 Å². The maximum absolute atomic E-state index is 12.2. The van der Waals surface area contributed by atoms with Crippen LogP contribution in [0, 0.1) is 0 Å². The third kappa shape index (κ3) is 5.06. The van der Waals surface area contributed by atoms with Gasteiger partial charge in [-0.05, 0) is 46.1 Å². The van der Waals surface area contributed by atoms with Crippen LogP contribution in [0.1, 0.15) is 12.5 Å². The number of para-hydroxylation sites is 1. The number of nitrogens with zero attached hydrogens (tertiary/aromatic N) is 1. The minimum Gasteiger partial charge on any atom is -0.333 e. The van der Waals surface area contributed by atoms with Gasteiger partial charge < -0.3 is 10.2 Å². The Balaban J connectivity index is 1.96. The molecule has 0 radical (unpaired) electrons. The second-order valence-electron chi connectivity index (χ2n) is 5.42. The average molecular weight is 387 g/mol. The SMILES string of the molecule is CC(=CC(=O)N(C)CC(=O)Nc1ccccc1Br)c1ccccc1. The summed E-state index contributed by atoms with van der Waals surface area (Å²) in [5.74, 6) is -0.456. The predicted molar refractivity (Wildman–Crippen MR) is 101 cm³/mol. The number of amides is 2. The number of hydrogen-bond acceptors (Lipinski definition) is 2. The molecular formula is C19H19BrN2O2. The number of carbonyl (C=O) groups excluding carboxylic acids is 2. The number of rotatable bonds is 5. The number of anilines is 1. The van der Waals surface area contributed by atoms with E-state index in [-0.39, 0.29) is 18.4 Å². The fourth-order valence-electron chi connectivity index (χ4n) is 2.13. The lowest BCUT2D eigenvalue weighted by atomic mass is 10.1. The van der Waals surface area contributed by atoms with Gasteiger partial charge in [0.15, 0.2) is 0 Å². The summed E-state index contributed by atoms with van der Waals surface area (Å²) in [4.78, 5) is 25.7. The monoisotopic (exact) mass is 386 g/mol. The minimum absolute atomic E-state index is 0.0151. The number of halogens is 1. The molecule has 0 saturated carbocycles. The Kier molecular flexibility index (Phi) is 6.32. The average Bonchev–Trinajstić information content (AvgIpc) is 2.57. The second-order valence-corrected chi connectivity index (χ2v) is 6.27. The molecular weight excluding hydrogens is 368 g/mol. The van der Waals surface area contributed by atoms with Gasteiger partial charge >= 0.3 is 0 Å². The number of hydrogen-bond donors (Lipinski definition) is 1. The first-order valence-electron chi connectivity index (χ1n) is 7.50. The quantitative estimate of drug-likeness (QED) is 0.790. The first-order valence-corrected chi connectivity index (χ1v) is 8.30. The van der Waals surface area contributed by atoms with Crippen LogP contribution in [0.4, 0.5) is 5.69 Å². The molecule has 2 aromatic rings. The van der Waals surface area contributed by atoms with Gasteiger partial charge in [-0.3, -0.25) is 9.59 Å². The highest BCUT2D eigenvalue weighted by Gasteiger charge is 2.12. The van der Waals surface area contributed by atoms with Gasteiger partial charge in [0.1, 0.15) is 0 Å². The fourth-order valence-corrected chi connectivity index (χ4v) is 2.51. The van der Waals surface area contributed by atoms with E-state index in [2.05, 4.69) is 21.2 Å². The number of nitrogens with one attached hydrogen (secondary N) is 1.